The average molecular weight is 359 g/mol. The highest BCUT2D eigenvalue weighted by Gasteiger charge is 2.26. The molecule has 5 nitrogen and oxygen atoms in total. The Morgan fingerprint density at radius 3 is 2.24 bits per heavy atom. The second-order valence-corrected chi connectivity index (χ2v) is 7.57. The van der Waals surface area contributed by atoms with Gasteiger partial charge < -0.3 is 5.11 Å². The van der Waals surface area contributed by atoms with Gasteiger partial charge in [0.1, 0.15) is 0 Å². The zero-order valence-electron chi connectivity index (χ0n) is 14.1. The fourth-order valence-electron chi connectivity index (χ4n) is 2.21. The first kappa shape index (κ1) is 18.9. The van der Waals surface area contributed by atoms with Gasteiger partial charge in [0.2, 0.25) is 10.0 Å². The number of sulfonamides is 1. The van der Waals surface area contributed by atoms with Gasteiger partial charge in [-0.05, 0) is 24.6 Å². The lowest BCUT2D eigenvalue weighted by molar-refractivity contribution is -0.141. The molecule has 0 saturated carbocycles. The maximum atomic E-state index is 12.6. The van der Waals surface area contributed by atoms with E-state index < -0.39 is 28.0 Å². The van der Waals surface area contributed by atoms with Crippen LogP contribution in [0.2, 0.25) is 0 Å². The van der Waals surface area contributed by atoms with Gasteiger partial charge in [0.05, 0.1) is 16.9 Å². The van der Waals surface area contributed by atoms with E-state index in [-0.39, 0.29) is 4.90 Å². The van der Waals surface area contributed by atoms with Crippen LogP contribution in [0, 0.1) is 12.8 Å². The normalized spacial score (nSPS) is 14.3. The van der Waals surface area contributed by atoms with Crippen molar-refractivity contribution in [3.63, 3.8) is 0 Å². The largest absolute Gasteiger partial charge is 0.481 e. The maximum absolute atomic E-state index is 12.6. The molecule has 0 saturated heterocycles. The van der Waals surface area contributed by atoms with E-state index in [2.05, 4.69) is 4.72 Å². The lowest BCUT2D eigenvalue weighted by Crippen LogP contribution is -2.40. The minimum Gasteiger partial charge on any atom is -0.481 e. The number of hydrogen-bond donors (Lipinski definition) is 2. The lowest BCUT2D eigenvalue weighted by Gasteiger charge is -2.19. The Balaban J connectivity index is 2.28. The van der Waals surface area contributed by atoms with Crippen LogP contribution >= 0.6 is 0 Å². The molecule has 2 N–H and O–H groups in total. The number of aliphatic carboxylic acids is 1. The Kier molecular flexibility index (Phi) is 6.12. The smallest absolute Gasteiger partial charge is 0.308 e. The SMILES string of the molecule is Cc1ccc(S(=O)(=O)N[C@@H](/C=C/c2ccccc2)[C@H](C)C(=O)O)cc1. The van der Waals surface area contributed by atoms with Gasteiger partial charge >= 0.3 is 5.97 Å². The first-order valence-corrected chi connectivity index (χ1v) is 9.33. The molecule has 0 aliphatic heterocycles. The Morgan fingerprint density at radius 1 is 1.08 bits per heavy atom. The van der Waals surface area contributed by atoms with Crippen LogP contribution in [0.4, 0.5) is 0 Å². The predicted molar refractivity (Wildman–Crippen MR) is 97.6 cm³/mol. The average Bonchev–Trinajstić information content (AvgIpc) is 2.59. The van der Waals surface area contributed by atoms with Crippen molar-refractivity contribution in [1.29, 1.82) is 0 Å². The van der Waals surface area contributed by atoms with Crippen LogP contribution in [0.1, 0.15) is 18.1 Å². The van der Waals surface area contributed by atoms with Crippen LogP contribution in [-0.2, 0) is 14.8 Å². The van der Waals surface area contributed by atoms with Crippen molar-refractivity contribution >= 4 is 22.1 Å². The molecule has 0 heterocycles. The summed E-state index contributed by atoms with van der Waals surface area (Å²) in [6.45, 7) is 3.34. The monoisotopic (exact) mass is 359 g/mol. The van der Waals surface area contributed by atoms with Gasteiger partial charge in [0.25, 0.3) is 0 Å². The van der Waals surface area contributed by atoms with Gasteiger partial charge in [-0.25, -0.2) is 13.1 Å². The first-order chi connectivity index (χ1) is 11.8. The van der Waals surface area contributed by atoms with Crippen LogP contribution in [0.3, 0.4) is 0 Å². The van der Waals surface area contributed by atoms with Crippen molar-refractivity contribution in [1.82, 2.24) is 4.72 Å². The number of nitrogens with one attached hydrogen (secondary N) is 1. The highest BCUT2D eigenvalue weighted by molar-refractivity contribution is 7.89. The number of hydrogen-bond acceptors (Lipinski definition) is 3. The van der Waals surface area contributed by atoms with E-state index >= 15 is 0 Å². The van der Waals surface area contributed by atoms with Crippen molar-refractivity contribution < 1.29 is 18.3 Å². The number of carboxylic acids is 1. The number of carboxylic acid groups (broad SMARTS) is 1. The molecule has 2 aromatic rings. The molecule has 0 spiro atoms. The fourth-order valence-corrected chi connectivity index (χ4v) is 3.48. The molecule has 0 aromatic heterocycles. The zero-order chi connectivity index (χ0) is 18.4. The second-order valence-electron chi connectivity index (χ2n) is 5.86. The molecule has 2 atom stereocenters. The molecule has 2 rings (SSSR count). The predicted octanol–water partition coefficient (Wildman–Crippen LogP) is 3.08. The molecular weight excluding hydrogens is 338 g/mol. The molecule has 0 aliphatic carbocycles. The Morgan fingerprint density at radius 2 is 1.68 bits per heavy atom. The van der Waals surface area contributed by atoms with Gasteiger partial charge in [-0.15, -0.1) is 0 Å². The van der Waals surface area contributed by atoms with Crippen molar-refractivity contribution in [2.24, 2.45) is 5.92 Å². The highest BCUT2D eigenvalue weighted by atomic mass is 32.2. The molecule has 132 valence electrons. The number of aryl methyl sites for hydroxylation is 1. The Bertz CT molecular complexity index is 843. The van der Waals surface area contributed by atoms with Gasteiger partial charge in [-0.2, -0.15) is 0 Å². The standard InChI is InChI=1S/C19H21NO4S/c1-14-8-11-17(12-9-14)25(23,24)20-18(15(2)19(21)22)13-10-16-6-4-3-5-7-16/h3-13,15,18,20H,1-2H3,(H,21,22)/b13-10+/t15-,18-/m0/s1. The summed E-state index contributed by atoms with van der Waals surface area (Å²) in [6.07, 6.45) is 3.28. The number of benzene rings is 2. The molecule has 25 heavy (non-hydrogen) atoms. The van der Waals surface area contributed by atoms with Crippen molar-refractivity contribution in [3.05, 3.63) is 71.8 Å². The molecule has 0 aliphatic rings. The van der Waals surface area contributed by atoms with Crippen LogP contribution in [0.5, 0.6) is 0 Å². The van der Waals surface area contributed by atoms with E-state index in [4.69, 9.17) is 0 Å². The Hall–Kier alpha value is -2.44. The van der Waals surface area contributed by atoms with E-state index in [1.54, 1.807) is 24.3 Å². The van der Waals surface area contributed by atoms with Crippen LogP contribution in [0.15, 0.2) is 65.6 Å². The summed E-state index contributed by atoms with van der Waals surface area (Å²) in [5, 5.41) is 9.28. The zero-order valence-corrected chi connectivity index (χ0v) is 14.9. The first-order valence-electron chi connectivity index (χ1n) is 7.84. The van der Waals surface area contributed by atoms with Crippen molar-refractivity contribution in [3.8, 4) is 0 Å². The molecular formula is C19H21NO4S. The molecule has 0 fully saturated rings. The summed E-state index contributed by atoms with van der Waals surface area (Å²) >= 11 is 0. The molecule has 0 bridgehead atoms. The molecule has 0 unspecified atom stereocenters. The summed E-state index contributed by atoms with van der Waals surface area (Å²) in [4.78, 5) is 11.5. The molecule has 2 aromatic carbocycles. The lowest BCUT2D eigenvalue weighted by atomic mass is 10.0. The summed E-state index contributed by atoms with van der Waals surface area (Å²) in [7, 11) is -3.82. The van der Waals surface area contributed by atoms with E-state index in [0.29, 0.717) is 0 Å². The van der Waals surface area contributed by atoms with Crippen LogP contribution in [0.25, 0.3) is 6.08 Å². The molecule has 0 amide bonds. The van der Waals surface area contributed by atoms with E-state index in [1.807, 2.05) is 37.3 Å². The minimum absolute atomic E-state index is 0.105. The third-order valence-corrected chi connectivity index (χ3v) is 5.32. The van der Waals surface area contributed by atoms with Gasteiger partial charge in [-0.1, -0.05) is 67.1 Å². The van der Waals surface area contributed by atoms with Gasteiger partial charge in [0, 0.05) is 0 Å². The topological polar surface area (TPSA) is 83.5 Å². The highest BCUT2D eigenvalue weighted by Crippen LogP contribution is 2.15. The quantitative estimate of drug-likeness (QED) is 0.796. The minimum atomic E-state index is -3.82. The van der Waals surface area contributed by atoms with Crippen molar-refractivity contribution in [2.45, 2.75) is 24.8 Å². The van der Waals surface area contributed by atoms with E-state index in [1.165, 1.54) is 19.1 Å². The second kappa shape index (κ2) is 8.09. The summed E-state index contributed by atoms with van der Waals surface area (Å²) in [6, 6.07) is 14.8. The maximum Gasteiger partial charge on any atom is 0.308 e. The number of carbonyl (C=O) groups is 1. The fraction of sp³-hybridized carbons (Fsp3) is 0.211. The van der Waals surface area contributed by atoms with Gasteiger partial charge in [0.15, 0.2) is 0 Å². The summed E-state index contributed by atoms with van der Waals surface area (Å²) in [5.41, 5.74) is 1.80. The van der Waals surface area contributed by atoms with Crippen LogP contribution < -0.4 is 4.72 Å². The summed E-state index contributed by atoms with van der Waals surface area (Å²) in [5.74, 6) is -1.99. The van der Waals surface area contributed by atoms with Crippen LogP contribution in [-0.4, -0.2) is 25.5 Å². The van der Waals surface area contributed by atoms with Crippen molar-refractivity contribution in [2.75, 3.05) is 0 Å². The van der Waals surface area contributed by atoms with E-state index in [9.17, 15) is 18.3 Å². The molecule has 0 radical (unpaired) electrons. The third-order valence-electron chi connectivity index (χ3n) is 3.85. The van der Waals surface area contributed by atoms with Gasteiger partial charge in [-0.3, -0.25) is 4.79 Å². The molecule has 6 heteroatoms. The Labute approximate surface area is 148 Å². The van der Waals surface area contributed by atoms with E-state index in [0.717, 1.165) is 11.1 Å². The third kappa shape index (κ3) is 5.27. The number of rotatable bonds is 7. The summed E-state index contributed by atoms with van der Waals surface area (Å²) < 4.78 is 27.6.